The van der Waals surface area contributed by atoms with Crippen molar-refractivity contribution in [1.29, 1.82) is 0 Å². The lowest BCUT2D eigenvalue weighted by atomic mass is 9.87. The summed E-state index contributed by atoms with van der Waals surface area (Å²) in [6.45, 7) is 4.96. The van der Waals surface area contributed by atoms with Crippen LogP contribution in [0, 0.1) is 23.6 Å². The average Bonchev–Trinajstić information content (AvgIpc) is 3.09. The zero-order valence-electron chi connectivity index (χ0n) is 27.6. The van der Waals surface area contributed by atoms with E-state index in [4.69, 9.17) is 33.1 Å². The van der Waals surface area contributed by atoms with Crippen LogP contribution < -0.4 is 4.90 Å². The van der Waals surface area contributed by atoms with E-state index in [1.54, 1.807) is 24.3 Å². The third kappa shape index (κ3) is 11.9. The molecule has 2 aliphatic heterocycles. The van der Waals surface area contributed by atoms with Crippen molar-refractivity contribution in [3.8, 4) is 0 Å². The molecule has 1 aliphatic carbocycles. The van der Waals surface area contributed by atoms with E-state index in [2.05, 4.69) is 4.90 Å². The molecule has 0 atom stereocenters. The number of rotatable bonds is 9. The number of alkyl halides is 3. The Morgan fingerprint density at radius 1 is 0.816 bits per heavy atom. The van der Waals surface area contributed by atoms with Gasteiger partial charge in [0.1, 0.15) is 5.82 Å². The van der Waals surface area contributed by atoms with Crippen molar-refractivity contribution in [3.05, 3.63) is 63.9 Å². The lowest BCUT2D eigenvalue weighted by Gasteiger charge is -2.37. The number of amides is 2. The number of halogens is 6. The third-order valence-electron chi connectivity index (χ3n) is 9.83. The minimum Gasteiger partial charge on any atom is -0.475 e. The summed E-state index contributed by atoms with van der Waals surface area (Å²) in [5, 5.41) is 8.05. The maximum absolute atomic E-state index is 13.9. The number of hydrogen-bond donors (Lipinski definition) is 1. The molecule has 2 aromatic rings. The lowest BCUT2D eigenvalue weighted by Crippen LogP contribution is -2.47. The predicted octanol–water partition coefficient (Wildman–Crippen LogP) is 8.26. The van der Waals surface area contributed by atoms with Crippen LogP contribution in [0.1, 0.15) is 69.8 Å². The molecule has 0 bridgehead atoms. The molecule has 13 heteroatoms. The van der Waals surface area contributed by atoms with Gasteiger partial charge in [0.25, 0.3) is 0 Å². The molecule has 5 rings (SSSR count). The predicted molar refractivity (Wildman–Crippen MR) is 182 cm³/mol. The summed E-state index contributed by atoms with van der Waals surface area (Å²) in [5.74, 6) is -1.83. The van der Waals surface area contributed by atoms with E-state index in [-0.39, 0.29) is 23.6 Å². The Morgan fingerprint density at radius 2 is 1.43 bits per heavy atom. The fourth-order valence-corrected chi connectivity index (χ4v) is 7.31. The van der Waals surface area contributed by atoms with Crippen LogP contribution in [0.3, 0.4) is 0 Å². The maximum Gasteiger partial charge on any atom is 0.490 e. The van der Waals surface area contributed by atoms with Gasteiger partial charge in [-0.25, -0.2) is 9.18 Å². The van der Waals surface area contributed by atoms with Gasteiger partial charge in [-0.2, -0.15) is 13.2 Å². The van der Waals surface area contributed by atoms with Crippen LogP contribution in [0.25, 0.3) is 0 Å². The number of carboxylic acid groups (broad SMARTS) is 1. The Hall–Kier alpha value is -2.89. The van der Waals surface area contributed by atoms with E-state index in [0.29, 0.717) is 54.3 Å². The lowest BCUT2D eigenvalue weighted by molar-refractivity contribution is -0.192. The van der Waals surface area contributed by atoms with Crippen molar-refractivity contribution < 1.29 is 37.1 Å². The number of carbonyl (C=O) groups excluding carboxylic acids is 2. The summed E-state index contributed by atoms with van der Waals surface area (Å²) in [5.41, 5.74) is 1.99. The highest BCUT2D eigenvalue weighted by atomic mass is 35.5. The summed E-state index contributed by atoms with van der Waals surface area (Å²) < 4.78 is 45.0. The second-order valence-corrected chi connectivity index (χ2v) is 14.1. The van der Waals surface area contributed by atoms with E-state index in [9.17, 15) is 27.2 Å². The molecule has 1 N–H and O–H groups in total. The number of anilines is 1. The molecule has 0 aromatic heterocycles. The highest BCUT2D eigenvalue weighted by molar-refractivity contribution is 6.42. The number of piperidine rings is 2. The zero-order valence-corrected chi connectivity index (χ0v) is 29.1. The number of carbonyl (C=O) groups is 3. The highest BCUT2D eigenvalue weighted by Crippen LogP contribution is 2.32. The summed E-state index contributed by atoms with van der Waals surface area (Å²) >= 11 is 12.6. The van der Waals surface area contributed by atoms with E-state index < -0.39 is 12.1 Å². The summed E-state index contributed by atoms with van der Waals surface area (Å²) in [7, 11) is 0. The largest absolute Gasteiger partial charge is 0.490 e. The highest BCUT2D eigenvalue weighted by Gasteiger charge is 2.38. The Balaban J connectivity index is 0.000000698. The van der Waals surface area contributed by atoms with Gasteiger partial charge in [-0.15, -0.1) is 0 Å². The smallest absolute Gasteiger partial charge is 0.475 e. The van der Waals surface area contributed by atoms with Crippen molar-refractivity contribution in [3.63, 3.8) is 0 Å². The van der Waals surface area contributed by atoms with Gasteiger partial charge in [0, 0.05) is 37.2 Å². The topological polar surface area (TPSA) is 81.2 Å². The summed E-state index contributed by atoms with van der Waals surface area (Å²) in [6.07, 6.45) is 6.01. The number of aliphatic carboxylic acids is 1. The number of likely N-dealkylation sites (tertiary alicyclic amines) is 2. The molecule has 0 unspecified atom stereocenters. The average molecular weight is 731 g/mol. The molecule has 0 radical (unpaired) electrons. The molecule has 7 nitrogen and oxygen atoms in total. The number of nitrogens with zero attached hydrogens (tertiary/aromatic N) is 3. The van der Waals surface area contributed by atoms with Crippen LogP contribution in [0.5, 0.6) is 0 Å². The number of hydrogen-bond acceptors (Lipinski definition) is 4. The molecule has 3 aliphatic rings. The summed E-state index contributed by atoms with van der Waals surface area (Å²) in [6, 6.07) is 12.3. The number of benzene rings is 2. The van der Waals surface area contributed by atoms with Gasteiger partial charge in [0.05, 0.1) is 10.0 Å². The minimum atomic E-state index is -5.08. The van der Waals surface area contributed by atoms with Gasteiger partial charge >= 0.3 is 12.1 Å². The molecule has 1 saturated carbocycles. The van der Waals surface area contributed by atoms with E-state index in [1.807, 2.05) is 28.0 Å². The first-order valence-electron chi connectivity index (χ1n) is 17.1. The van der Waals surface area contributed by atoms with Crippen molar-refractivity contribution in [1.82, 2.24) is 9.80 Å². The van der Waals surface area contributed by atoms with Gasteiger partial charge in [0.2, 0.25) is 11.8 Å². The van der Waals surface area contributed by atoms with Gasteiger partial charge in [-0.05, 0) is 113 Å². The van der Waals surface area contributed by atoms with E-state index in [1.165, 1.54) is 12.0 Å². The molecule has 2 amide bonds. The molecule has 3 fully saturated rings. The SMILES string of the molecule is O=C(C1CCCCC1)N1CCC(C(=O)N(CCCN2CCC(Cc3ccc(F)cc3)CC2)c2ccc(Cl)c(Cl)c2)CC1.O=C(O)C(F)(F)F. The molecule has 2 saturated heterocycles. The quantitative estimate of drug-likeness (QED) is 0.263. The first-order valence-corrected chi connectivity index (χ1v) is 17.9. The molecule has 2 aromatic carbocycles. The van der Waals surface area contributed by atoms with Crippen molar-refractivity contribution >= 4 is 46.7 Å². The summed E-state index contributed by atoms with van der Waals surface area (Å²) in [4.78, 5) is 42.2. The van der Waals surface area contributed by atoms with E-state index >= 15 is 0 Å². The van der Waals surface area contributed by atoms with E-state index in [0.717, 1.165) is 76.7 Å². The first kappa shape index (κ1) is 38.9. The Morgan fingerprint density at radius 3 is 2.00 bits per heavy atom. The molecule has 0 spiro atoms. The van der Waals surface area contributed by atoms with Gasteiger partial charge in [-0.3, -0.25) is 9.59 Å². The van der Waals surface area contributed by atoms with Crippen LogP contribution in [0.2, 0.25) is 10.0 Å². The van der Waals surface area contributed by atoms with Crippen LogP contribution in [0.4, 0.5) is 23.2 Å². The minimum absolute atomic E-state index is 0.0999. The first-order chi connectivity index (χ1) is 23.3. The van der Waals surface area contributed by atoms with Gasteiger partial charge < -0.3 is 19.8 Å². The molecule has 270 valence electrons. The Labute approximate surface area is 295 Å². The maximum atomic E-state index is 13.9. The zero-order chi connectivity index (χ0) is 35.6. The standard InChI is InChI=1S/C34H44Cl2FN3O2.C2HF3O2/c35-31-12-11-30(24-32(31)36)40(34(42)28-15-21-39(22-16-28)33(41)27-5-2-1-3-6-27)18-4-17-38-19-13-26(14-20-38)23-25-7-9-29(37)10-8-25;3-2(4,5)1(6)7/h7-12,24,26-28H,1-6,13-23H2;(H,6,7). The van der Waals surface area contributed by atoms with Crippen molar-refractivity contribution in [2.75, 3.05) is 44.2 Å². The molecule has 49 heavy (non-hydrogen) atoms. The molecule has 2 heterocycles. The third-order valence-corrected chi connectivity index (χ3v) is 10.6. The van der Waals surface area contributed by atoms with Crippen LogP contribution in [-0.4, -0.2) is 78.1 Å². The normalized spacial score (nSPS) is 18.4. The van der Waals surface area contributed by atoms with Crippen LogP contribution in [-0.2, 0) is 20.8 Å². The van der Waals surface area contributed by atoms with Crippen molar-refractivity contribution in [2.45, 2.75) is 76.8 Å². The monoisotopic (exact) mass is 729 g/mol. The van der Waals surface area contributed by atoms with Gasteiger partial charge in [0.15, 0.2) is 0 Å². The second kappa shape index (κ2) is 18.4. The van der Waals surface area contributed by atoms with Crippen LogP contribution >= 0.6 is 23.2 Å². The number of carboxylic acids is 1. The fourth-order valence-electron chi connectivity index (χ4n) is 7.01. The Kier molecular flexibility index (Phi) is 14.6. The molecular formula is C36H45Cl2F4N3O4. The molecular weight excluding hydrogens is 685 g/mol. The van der Waals surface area contributed by atoms with Crippen molar-refractivity contribution in [2.24, 2.45) is 17.8 Å². The fraction of sp³-hybridized carbons (Fsp3) is 0.583. The second-order valence-electron chi connectivity index (χ2n) is 13.3. The van der Waals surface area contributed by atoms with Crippen LogP contribution in [0.15, 0.2) is 42.5 Å². The van der Waals surface area contributed by atoms with Gasteiger partial charge in [-0.1, -0.05) is 54.6 Å². The Bertz CT molecular complexity index is 1390.